The Morgan fingerprint density at radius 3 is 1.91 bits per heavy atom. The first-order valence-corrected chi connectivity index (χ1v) is 4.45. The second kappa shape index (κ2) is 8.02. The summed E-state index contributed by atoms with van der Waals surface area (Å²) >= 11 is 0. The summed E-state index contributed by atoms with van der Waals surface area (Å²) in [4.78, 5) is 0. The molecule has 1 aliphatic carbocycles. The lowest BCUT2D eigenvalue weighted by atomic mass is 9.90. The van der Waals surface area contributed by atoms with Crippen LogP contribution in [0.15, 0.2) is 0 Å². The maximum Gasteiger partial charge on any atom is 0.0351 e. The smallest absolute Gasteiger partial charge is 0.0351 e. The Bertz CT molecular complexity index is 70.0. The normalized spacial score (nSPS) is 18.8. The van der Waals surface area contributed by atoms with Crippen LogP contribution in [0.2, 0.25) is 0 Å². The van der Waals surface area contributed by atoms with E-state index < -0.39 is 0 Å². The third-order valence-electron chi connectivity index (χ3n) is 2.06. The lowest BCUT2D eigenvalue weighted by molar-refractivity contribution is 0.277. The number of hydrogen-bond acceptors (Lipinski definition) is 2. The van der Waals surface area contributed by atoms with Gasteiger partial charge in [-0.2, -0.15) is 0 Å². The van der Waals surface area contributed by atoms with Crippen molar-refractivity contribution in [2.45, 2.75) is 32.1 Å². The van der Waals surface area contributed by atoms with Gasteiger partial charge in [-0.1, -0.05) is 19.3 Å². The lowest BCUT2D eigenvalue weighted by Gasteiger charge is -2.18. The first kappa shape index (κ1) is 10.9. The van der Waals surface area contributed by atoms with Crippen molar-refractivity contribution in [2.75, 3.05) is 20.8 Å². The third-order valence-corrected chi connectivity index (χ3v) is 2.06. The van der Waals surface area contributed by atoms with Crippen LogP contribution in [0.25, 0.3) is 0 Å². The molecular weight excluding hydrogens is 138 g/mol. The summed E-state index contributed by atoms with van der Waals surface area (Å²) in [6, 6.07) is 0. The minimum Gasteiger partial charge on any atom is -0.388 e. The summed E-state index contributed by atoms with van der Waals surface area (Å²) in [6.45, 7) is 0.917. The fraction of sp³-hybridized carbons (Fsp3) is 1.00. The molecule has 68 valence electrons. The van der Waals surface area contributed by atoms with Crippen LogP contribution in [0.5, 0.6) is 0 Å². The fourth-order valence-electron chi connectivity index (χ4n) is 1.42. The maximum atomic E-state index is 5.50. The Morgan fingerprint density at radius 2 is 1.64 bits per heavy atom. The molecule has 0 spiro atoms. The molecule has 0 bridgehead atoms. The Hall–Kier alpha value is -0.0800. The standard InChI is InChI=1S/C7H15N.C2H6O/c8-6-7-4-2-1-3-5-7;1-3-2/h7H,1-6,8H2;1-2H3. The van der Waals surface area contributed by atoms with Crippen molar-refractivity contribution in [1.82, 2.24) is 0 Å². The average molecular weight is 159 g/mol. The number of ether oxygens (including phenoxy) is 1. The molecule has 0 aromatic heterocycles. The SMILES string of the molecule is COC.NCC1CCCCC1. The minimum atomic E-state index is 0.865. The molecule has 1 aliphatic rings. The van der Waals surface area contributed by atoms with E-state index in [2.05, 4.69) is 4.74 Å². The van der Waals surface area contributed by atoms with Gasteiger partial charge in [0.05, 0.1) is 0 Å². The highest BCUT2D eigenvalue weighted by Gasteiger charge is 2.09. The molecule has 1 rings (SSSR count). The molecule has 0 aromatic carbocycles. The highest BCUT2D eigenvalue weighted by atomic mass is 16.4. The molecule has 0 heterocycles. The van der Waals surface area contributed by atoms with Crippen LogP contribution < -0.4 is 5.73 Å². The first-order valence-electron chi connectivity index (χ1n) is 4.45. The Balaban J connectivity index is 0.000000292. The summed E-state index contributed by atoms with van der Waals surface area (Å²) in [5.74, 6) is 0.865. The minimum absolute atomic E-state index is 0.865. The van der Waals surface area contributed by atoms with Gasteiger partial charge in [0.25, 0.3) is 0 Å². The van der Waals surface area contributed by atoms with Gasteiger partial charge in [-0.25, -0.2) is 0 Å². The quantitative estimate of drug-likeness (QED) is 0.633. The van der Waals surface area contributed by atoms with Crippen molar-refractivity contribution in [3.8, 4) is 0 Å². The van der Waals surface area contributed by atoms with E-state index in [1.165, 1.54) is 32.1 Å². The molecule has 0 unspecified atom stereocenters. The van der Waals surface area contributed by atoms with Crippen LogP contribution in [0.3, 0.4) is 0 Å². The molecule has 0 saturated heterocycles. The Morgan fingerprint density at radius 1 is 1.18 bits per heavy atom. The summed E-state index contributed by atoms with van der Waals surface area (Å²) in [5.41, 5.74) is 5.50. The van der Waals surface area contributed by atoms with E-state index in [1.54, 1.807) is 14.2 Å². The van der Waals surface area contributed by atoms with Crippen LogP contribution >= 0.6 is 0 Å². The molecule has 1 saturated carbocycles. The molecule has 0 amide bonds. The van der Waals surface area contributed by atoms with Crippen LogP contribution in [-0.2, 0) is 4.74 Å². The average Bonchev–Trinajstić information content (AvgIpc) is 2.08. The third kappa shape index (κ3) is 6.32. The van der Waals surface area contributed by atoms with Gasteiger partial charge in [0.1, 0.15) is 0 Å². The van der Waals surface area contributed by atoms with Crippen molar-refractivity contribution < 1.29 is 4.74 Å². The summed E-state index contributed by atoms with van der Waals surface area (Å²) in [6.07, 6.45) is 7.05. The largest absolute Gasteiger partial charge is 0.388 e. The van der Waals surface area contributed by atoms with E-state index in [0.29, 0.717) is 0 Å². The molecule has 0 aliphatic heterocycles. The van der Waals surface area contributed by atoms with Crippen molar-refractivity contribution in [3.63, 3.8) is 0 Å². The van der Waals surface area contributed by atoms with Crippen LogP contribution in [0, 0.1) is 5.92 Å². The van der Waals surface area contributed by atoms with Crippen molar-refractivity contribution >= 4 is 0 Å². The van der Waals surface area contributed by atoms with E-state index in [1.807, 2.05) is 0 Å². The van der Waals surface area contributed by atoms with Gasteiger partial charge in [0.15, 0.2) is 0 Å². The molecule has 11 heavy (non-hydrogen) atoms. The van der Waals surface area contributed by atoms with E-state index in [9.17, 15) is 0 Å². The van der Waals surface area contributed by atoms with Gasteiger partial charge in [0, 0.05) is 14.2 Å². The molecule has 2 heteroatoms. The number of methoxy groups -OCH3 is 1. The highest BCUT2D eigenvalue weighted by molar-refractivity contribution is 4.65. The van der Waals surface area contributed by atoms with Gasteiger partial charge < -0.3 is 10.5 Å². The molecule has 0 radical (unpaired) electrons. The van der Waals surface area contributed by atoms with Crippen LogP contribution in [0.4, 0.5) is 0 Å². The second-order valence-electron chi connectivity index (χ2n) is 3.15. The van der Waals surface area contributed by atoms with Gasteiger partial charge >= 0.3 is 0 Å². The van der Waals surface area contributed by atoms with E-state index in [0.717, 1.165) is 12.5 Å². The molecule has 2 nitrogen and oxygen atoms in total. The van der Waals surface area contributed by atoms with Crippen LogP contribution in [-0.4, -0.2) is 20.8 Å². The highest BCUT2D eigenvalue weighted by Crippen LogP contribution is 2.21. The zero-order valence-electron chi connectivity index (χ0n) is 7.81. The summed E-state index contributed by atoms with van der Waals surface area (Å²) in [5, 5.41) is 0. The predicted octanol–water partition coefficient (Wildman–Crippen LogP) is 1.79. The number of nitrogens with two attached hydrogens (primary N) is 1. The number of hydrogen-bond donors (Lipinski definition) is 1. The van der Waals surface area contributed by atoms with Gasteiger partial charge in [-0.15, -0.1) is 0 Å². The zero-order chi connectivity index (χ0) is 8.53. The number of rotatable bonds is 1. The lowest BCUT2D eigenvalue weighted by Crippen LogP contribution is -2.16. The van der Waals surface area contributed by atoms with Crippen molar-refractivity contribution in [3.05, 3.63) is 0 Å². The van der Waals surface area contributed by atoms with Gasteiger partial charge in [-0.05, 0) is 25.3 Å². The predicted molar refractivity (Wildman–Crippen MR) is 48.6 cm³/mol. The first-order chi connectivity index (χ1) is 5.35. The fourth-order valence-corrected chi connectivity index (χ4v) is 1.42. The Kier molecular flexibility index (Phi) is 7.96. The van der Waals surface area contributed by atoms with Crippen molar-refractivity contribution in [1.29, 1.82) is 0 Å². The second-order valence-corrected chi connectivity index (χ2v) is 3.15. The monoisotopic (exact) mass is 159 g/mol. The molecule has 1 fully saturated rings. The topological polar surface area (TPSA) is 35.2 Å². The van der Waals surface area contributed by atoms with Gasteiger partial charge in [-0.3, -0.25) is 0 Å². The van der Waals surface area contributed by atoms with Crippen molar-refractivity contribution in [2.24, 2.45) is 11.7 Å². The maximum absolute atomic E-state index is 5.50. The van der Waals surface area contributed by atoms with E-state index in [-0.39, 0.29) is 0 Å². The Labute approximate surface area is 70.1 Å². The van der Waals surface area contributed by atoms with E-state index >= 15 is 0 Å². The zero-order valence-corrected chi connectivity index (χ0v) is 7.81. The van der Waals surface area contributed by atoms with E-state index in [4.69, 9.17) is 5.73 Å². The van der Waals surface area contributed by atoms with Crippen LogP contribution in [0.1, 0.15) is 32.1 Å². The molecule has 2 N–H and O–H groups in total. The molecule has 0 atom stereocenters. The summed E-state index contributed by atoms with van der Waals surface area (Å²) in [7, 11) is 3.25. The molecular formula is C9H21NO. The van der Waals surface area contributed by atoms with Gasteiger partial charge in [0.2, 0.25) is 0 Å². The molecule has 0 aromatic rings. The summed E-state index contributed by atoms with van der Waals surface area (Å²) < 4.78 is 4.25.